The molecule has 3 aromatic carbocycles. The first-order chi connectivity index (χ1) is 26.3. The minimum absolute atomic E-state index is 0.0308. The van der Waals surface area contributed by atoms with Crippen molar-refractivity contribution in [3.63, 3.8) is 0 Å². The zero-order valence-electron chi connectivity index (χ0n) is 29.8. The van der Waals surface area contributed by atoms with Gasteiger partial charge in [-0.15, -0.1) is 0 Å². The Morgan fingerprint density at radius 1 is 0.927 bits per heavy atom. The number of alkyl halides is 3. The monoisotopic (exact) mass is 768 g/mol. The summed E-state index contributed by atoms with van der Waals surface area (Å²) in [6, 6.07) is 27.8. The van der Waals surface area contributed by atoms with E-state index >= 15 is 9.00 Å². The lowest BCUT2D eigenvalue weighted by Crippen LogP contribution is -2.55. The van der Waals surface area contributed by atoms with E-state index in [-0.39, 0.29) is 39.8 Å². The molecule has 0 saturated carbocycles. The molecule has 2 amide bonds. The van der Waals surface area contributed by atoms with Crippen molar-refractivity contribution < 1.29 is 31.6 Å². The highest BCUT2D eigenvalue weighted by atomic mass is 32.2. The number of nitrogens with one attached hydrogen (secondary N) is 2. The molecule has 1 aliphatic heterocycles. The summed E-state index contributed by atoms with van der Waals surface area (Å²) in [5.41, 5.74) is -0.731. The lowest BCUT2D eigenvalue weighted by molar-refractivity contribution is -0.144. The maximum atomic E-state index is 15.8. The van der Waals surface area contributed by atoms with Crippen LogP contribution in [0.5, 0.6) is 11.8 Å². The molecule has 1 aliphatic rings. The van der Waals surface area contributed by atoms with Crippen molar-refractivity contribution in [1.82, 2.24) is 29.0 Å². The van der Waals surface area contributed by atoms with Gasteiger partial charge in [0.1, 0.15) is 16.3 Å². The minimum atomic E-state index is -5.00. The number of carbonyl (C=O) groups excluding carboxylic acids is 1. The number of halogens is 3. The van der Waals surface area contributed by atoms with Crippen LogP contribution in [0.3, 0.4) is 0 Å². The van der Waals surface area contributed by atoms with Crippen LogP contribution in [-0.4, -0.2) is 53.0 Å². The number of urea groups is 1. The maximum Gasteiger partial charge on any atom is 0.451 e. The zero-order valence-corrected chi connectivity index (χ0v) is 30.6. The molecule has 2 N–H and O–H groups in total. The summed E-state index contributed by atoms with van der Waals surface area (Å²) in [7, 11) is -3.19. The summed E-state index contributed by atoms with van der Waals surface area (Å²) in [6.07, 6.45) is -1.47. The fourth-order valence-corrected chi connectivity index (χ4v) is 8.40. The van der Waals surface area contributed by atoms with E-state index in [0.717, 1.165) is 10.5 Å². The lowest BCUT2D eigenvalue weighted by Gasteiger charge is -2.45. The van der Waals surface area contributed by atoms with Crippen LogP contribution in [0.2, 0.25) is 0 Å². The summed E-state index contributed by atoms with van der Waals surface area (Å²) in [4.78, 5) is 26.6. The molecule has 7 rings (SSSR count). The molecule has 0 bridgehead atoms. The van der Waals surface area contributed by atoms with Gasteiger partial charge >= 0.3 is 12.2 Å². The predicted molar refractivity (Wildman–Crippen MR) is 198 cm³/mol. The number of ether oxygens (including phenoxy) is 2. The number of hydrogen-bond donors (Lipinski definition) is 2. The largest absolute Gasteiger partial charge is 0.481 e. The third kappa shape index (κ3) is 6.84. The number of rotatable bonds is 9. The summed E-state index contributed by atoms with van der Waals surface area (Å²) in [5.74, 6) is -1.94. The zero-order chi connectivity index (χ0) is 39.0. The Morgan fingerprint density at radius 2 is 1.51 bits per heavy atom. The van der Waals surface area contributed by atoms with E-state index in [4.69, 9.17) is 9.47 Å². The van der Waals surface area contributed by atoms with Crippen LogP contribution in [-0.2, 0) is 28.2 Å². The fraction of sp³-hybridized carbons (Fsp3) is 0.205. The average Bonchev–Trinajstić information content (AvgIpc) is 3.60. The Labute approximate surface area is 315 Å². The van der Waals surface area contributed by atoms with Gasteiger partial charge in [-0.3, -0.25) is 5.32 Å². The van der Waals surface area contributed by atoms with Crippen molar-refractivity contribution in [1.29, 1.82) is 4.78 Å². The molecule has 16 heteroatoms. The van der Waals surface area contributed by atoms with Crippen LogP contribution in [0.25, 0.3) is 11.1 Å². The van der Waals surface area contributed by atoms with Crippen molar-refractivity contribution in [2.24, 2.45) is 5.41 Å². The van der Waals surface area contributed by atoms with Gasteiger partial charge in [0, 0.05) is 29.4 Å². The van der Waals surface area contributed by atoms with Crippen molar-refractivity contribution in [3.05, 3.63) is 144 Å². The molecular weight excluding hydrogens is 734 g/mol. The quantitative estimate of drug-likeness (QED) is 0.141. The number of anilines is 1. The van der Waals surface area contributed by atoms with Crippen molar-refractivity contribution >= 4 is 21.8 Å². The van der Waals surface area contributed by atoms with E-state index in [9.17, 15) is 18.0 Å². The first-order valence-corrected chi connectivity index (χ1v) is 18.5. The normalized spacial score (nSPS) is 14.9. The van der Waals surface area contributed by atoms with Gasteiger partial charge in [0.15, 0.2) is 9.92 Å². The van der Waals surface area contributed by atoms with Gasteiger partial charge in [-0.2, -0.15) is 18.3 Å². The highest BCUT2D eigenvalue weighted by molar-refractivity contribution is 7.90. The molecule has 0 aliphatic carbocycles. The van der Waals surface area contributed by atoms with Crippen LogP contribution in [0.15, 0.2) is 127 Å². The average molecular weight is 769 g/mol. The van der Waals surface area contributed by atoms with E-state index in [0.29, 0.717) is 23.2 Å². The van der Waals surface area contributed by atoms with E-state index in [1.807, 2.05) is 13.8 Å². The molecule has 6 aromatic rings. The SMILES string of the molecule is COc1cc(-c2cnc(C(F)(F)F)nc2NC(=O)N(C(c2ccccc2)(c2ccccc2)c2ccccc2)S(=N)(=O)c2cnn3c2OCC(C)(C)C3)ccn1. The highest BCUT2D eigenvalue weighted by Crippen LogP contribution is 2.47. The molecule has 282 valence electrons. The molecule has 0 fully saturated rings. The molecular formula is C39H35F3N8O4S. The summed E-state index contributed by atoms with van der Waals surface area (Å²) >= 11 is 0. The van der Waals surface area contributed by atoms with Crippen molar-refractivity contribution in [2.45, 2.75) is 37.0 Å². The van der Waals surface area contributed by atoms with Gasteiger partial charge in [-0.1, -0.05) is 105 Å². The Morgan fingerprint density at radius 3 is 2.05 bits per heavy atom. The number of carbonyl (C=O) groups is 1. The summed E-state index contributed by atoms with van der Waals surface area (Å²) in [5, 5.41) is 6.97. The molecule has 1 atom stereocenters. The summed E-state index contributed by atoms with van der Waals surface area (Å²) in [6.45, 7) is 4.50. The smallest absolute Gasteiger partial charge is 0.451 e. The number of pyridine rings is 1. The standard InChI is InChI=1S/C39H35F3N8O4S/c1-37(2)24-49-34(54-25-37)31(23-46-49)55(43,52)50(38(27-13-7-4-8-14-27,28-15-9-5-10-16-28)29-17-11-6-12-18-29)36(51)48-33-30(22-45-35(47-33)39(40,41)42)26-19-20-44-32(21-26)53-3/h4-23,43H,24-25H2,1-3H3,(H,45,47,48,51). The Balaban J connectivity index is 1.53. The lowest BCUT2D eigenvalue weighted by atomic mass is 9.77. The topological polar surface area (TPSA) is 148 Å². The summed E-state index contributed by atoms with van der Waals surface area (Å²) < 4.78 is 82.0. The Hall–Kier alpha value is -6.29. The molecule has 55 heavy (non-hydrogen) atoms. The van der Waals surface area contributed by atoms with E-state index in [1.165, 1.54) is 36.3 Å². The van der Waals surface area contributed by atoms with Crippen LogP contribution in [0, 0.1) is 10.2 Å². The second kappa shape index (κ2) is 14.2. The maximum absolute atomic E-state index is 15.8. The van der Waals surface area contributed by atoms with Crippen LogP contribution < -0.4 is 14.8 Å². The van der Waals surface area contributed by atoms with Crippen molar-refractivity contribution in [3.8, 4) is 22.9 Å². The molecule has 3 aromatic heterocycles. The van der Waals surface area contributed by atoms with Gasteiger partial charge in [0.05, 0.1) is 26.5 Å². The second-order valence-corrected chi connectivity index (χ2v) is 15.4. The fourth-order valence-electron chi connectivity index (χ4n) is 6.64. The van der Waals surface area contributed by atoms with Crippen LogP contribution >= 0.6 is 0 Å². The van der Waals surface area contributed by atoms with Gasteiger partial charge in [-0.05, 0) is 28.3 Å². The van der Waals surface area contributed by atoms with Gasteiger partial charge in [0.25, 0.3) is 0 Å². The third-order valence-electron chi connectivity index (χ3n) is 9.08. The second-order valence-electron chi connectivity index (χ2n) is 13.5. The number of nitrogens with zero attached hydrogens (tertiary/aromatic N) is 6. The molecule has 0 radical (unpaired) electrons. The molecule has 4 heterocycles. The first-order valence-electron chi connectivity index (χ1n) is 17.0. The number of hydrogen-bond acceptors (Lipinski definition) is 9. The Kier molecular flexibility index (Phi) is 9.54. The first kappa shape index (κ1) is 37.0. The Bertz CT molecular complexity index is 2350. The number of benzene rings is 3. The van der Waals surface area contributed by atoms with E-state index in [2.05, 4.69) is 25.4 Å². The highest BCUT2D eigenvalue weighted by Gasteiger charge is 2.52. The molecule has 0 saturated heterocycles. The van der Waals surface area contributed by atoms with E-state index in [1.54, 1.807) is 91.0 Å². The predicted octanol–water partition coefficient (Wildman–Crippen LogP) is 8.03. The molecule has 12 nitrogen and oxygen atoms in total. The number of amides is 2. The third-order valence-corrected chi connectivity index (χ3v) is 10.9. The van der Waals surface area contributed by atoms with Crippen LogP contribution in [0.1, 0.15) is 36.4 Å². The van der Waals surface area contributed by atoms with E-state index < -0.39 is 39.3 Å². The van der Waals surface area contributed by atoms with Gasteiger partial charge < -0.3 is 9.47 Å². The minimum Gasteiger partial charge on any atom is -0.481 e. The van der Waals surface area contributed by atoms with Crippen LogP contribution in [0.4, 0.5) is 23.8 Å². The van der Waals surface area contributed by atoms with Gasteiger partial charge in [0.2, 0.25) is 17.6 Å². The molecule has 1 unspecified atom stereocenters. The van der Waals surface area contributed by atoms with Crippen molar-refractivity contribution in [2.75, 3.05) is 19.0 Å². The number of aromatic nitrogens is 5. The van der Waals surface area contributed by atoms with Gasteiger partial charge in [-0.25, -0.2) is 37.7 Å². The number of fused-ring (bicyclic) bond motifs is 1. The molecule has 0 spiro atoms. The number of methoxy groups -OCH3 is 1.